The minimum Gasteiger partial charge on any atom is -0.483 e. The Kier molecular flexibility index (Phi) is 4.59. The molecule has 1 N–H and O–H groups in total. The van der Waals surface area contributed by atoms with Crippen LogP contribution in [0.2, 0.25) is 5.02 Å². The first-order valence-corrected chi connectivity index (χ1v) is 6.97. The number of nitrogens with zero attached hydrogens (tertiary/aromatic N) is 2. The quantitative estimate of drug-likeness (QED) is 0.911. The largest absolute Gasteiger partial charge is 0.483 e. The number of halogens is 4. The second kappa shape index (κ2) is 6.01. The van der Waals surface area contributed by atoms with E-state index in [9.17, 15) is 23.1 Å². The average molecular weight is 351 g/mol. The van der Waals surface area contributed by atoms with E-state index in [2.05, 4.69) is 5.10 Å². The topological polar surface area (TPSA) is 62.1 Å². The van der Waals surface area contributed by atoms with Gasteiger partial charge in [-0.2, -0.15) is 23.3 Å². The van der Waals surface area contributed by atoms with E-state index < -0.39 is 30.8 Å². The molecule has 1 aromatic carbocycles. The molecule has 0 aliphatic carbocycles. The Morgan fingerprint density at radius 2 is 2.13 bits per heavy atom. The van der Waals surface area contributed by atoms with E-state index in [1.54, 1.807) is 13.0 Å². The van der Waals surface area contributed by atoms with E-state index in [0.717, 1.165) is 0 Å². The second-order valence-electron chi connectivity index (χ2n) is 5.23. The molecule has 9 heteroatoms. The van der Waals surface area contributed by atoms with Gasteiger partial charge in [-0.1, -0.05) is 11.6 Å². The van der Waals surface area contributed by atoms with E-state index in [0.29, 0.717) is 16.3 Å². The summed E-state index contributed by atoms with van der Waals surface area (Å²) in [5, 5.41) is 13.8. The summed E-state index contributed by atoms with van der Waals surface area (Å²) in [6.07, 6.45) is -5.82. The maximum atomic E-state index is 13.0. The first-order chi connectivity index (χ1) is 10.5. The van der Waals surface area contributed by atoms with E-state index >= 15 is 0 Å². The highest BCUT2D eigenvalue weighted by molar-refractivity contribution is 6.30. The zero-order valence-electron chi connectivity index (χ0n) is 12.3. The molecule has 0 saturated heterocycles. The van der Waals surface area contributed by atoms with Crippen LogP contribution in [0.5, 0.6) is 5.75 Å². The lowest BCUT2D eigenvalue weighted by atomic mass is 10.1. The molecule has 1 unspecified atom stereocenters. The predicted molar refractivity (Wildman–Crippen MR) is 77.3 cm³/mol. The first kappa shape index (κ1) is 17.6. The van der Waals surface area contributed by atoms with Crippen molar-refractivity contribution in [3.63, 3.8) is 0 Å². The summed E-state index contributed by atoms with van der Waals surface area (Å²) < 4.78 is 44.3. The van der Waals surface area contributed by atoms with Crippen LogP contribution in [-0.2, 0) is 4.79 Å². The van der Waals surface area contributed by atoms with Gasteiger partial charge < -0.3 is 9.84 Å². The number of carbonyl (C=O) groups excluding carboxylic acids is 1. The van der Waals surface area contributed by atoms with Crippen LogP contribution >= 0.6 is 11.6 Å². The number of hydrazone groups is 1. The van der Waals surface area contributed by atoms with E-state index in [1.165, 1.54) is 19.1 Å². The number of alkyl halides is 3. The molecular weight excluding hydrogens is 337 g/mol. The van der Waals surface area contributed by atoms with Gasteiger partial charge in [-0.05, 0) is 37.6 Å². The van der Waals surface area contributed by atoms with Crippen LogP contribution in [0.4, 0.5) is 13.2 Å². The number of carbonyl (C=O) groups is 1. The molecule has 1 aliphatic rings. The van der Waals surface area contributed by atoms with Gasteiger partial charge in [-0.25, -0.2) is 0 Å². The van der Waals surface area contributed by atoms with Crippen LogP contribution in [0.25, 0.3) is 0 Å². The first-order valence-electron chi connectivity index (χ1n) is 6.60. The molecule has 0 aromatic heterocycles. The van der Waals surface area contributed by atoms with Crippen LogP contribution in [0, 0.1) is 6.92 Å². The lowest BCUT2D eigenvalue weighted by Gasteiger charge is -2.32. The highest BCUT2D eigenvalue weighted by Gasteiger charge is 2.62. The lowest BCUT2D eigenvalue weighted by Crippen LogP contribution is -2.57. The van der Waals surface area contributed by atoms with Crippen molar-refractivity contribution in [1.82, 2.24) is 5.01 Å². The summed E-state index contributed by atoms with van der Waals surface area (Å²) >= 11 is 5.78. The molecule has 1 heterocycles. The standard InChI is InChI=1S/C14H14ClF3N2O3/c1-8-5-10(15)3-4-11(8)23-7-12(21)20-13(22,14(16,17)18)6-9(2)19-20/h3-5,22H,6-7H2,1-2H3. The van der Waals surface area contributed by atoms with E-state index in [-0.39, 0.29) is 10.7 Å². The summed E-state index contributed by atoms with van der Waals surface area (Å²) in [6.45, 7) is 2.28. The number of benzene rings is 1. The fourth-order valence-corrected chi connectivity index (χ4v) is 2.40. The van der Waals surface area contributed by atoms with E-state index in [4.69, 9.17) is 16.3 Å². The summed E-state index contributed by atoms with van der Waals surface area (Å²) in [7, 11) is 0. The molecule has 0 fully saturated rings. The molecule has 2 rings (SSSR count). The number of aliphatic hydroxyl groups is 1. The number of aryl methyl sites for hydroxylation is 1. The Labute approximate surface area is 135 Å². The lowest BCUT2D eigenvalue weighted by molar-refractivity contribution is -0.302. The van der Waals surface area contributed by atoms with Gasteiger partial charge in [0.2, 0.25) is 0 Å². The SMILES string of the molecule is CC1=NN(C(=O)COc2ccc(Cl)cc2C)C(O)(C(F)(F)F)C1. The van der Waals surface area contributed by atoms with Gasteiger partial charge in [0, 0.05) is 17.2 Å². The highest BCUT2D eigenvalue weighted by atomic mass is 35.5. The van der Waals surface area contributed by atoms with Crippen molar-refractivity contribution >= 4 is 23.2 Å². The second-order valence-corrected chi connectivity index (χ2v) is 5.67. The van der Waals surface area contributed by atoms with Crippen molar-refractivity contribution in [2.24, 2.45) is 5.10 Å². The Hall–Kier alpha value is -1.80. The third-order valence-corrected chi connectivity index (χ3v) is 3.54. The van der Waals surface area contributed by atoms with Gasteiger partial charge in [-0.15, -0.1) is 0 Å². The van der Waals surface area contributed by atoms with Gasteiger partial charge >= 0.3 is 6.18 Å². The highest BCUT2D eigenvalue weighted by Crippen LogP contribution is 2.40. The summed E-state index contributed by atoms with van der Waals surface area (Å²) in [5.41, 5.74) is -2.72. The van der Waals surface area contributed by atoms with Crippen molar-refractivity contribution in [2.75, 3.05) is 6.61 Å². The minimum atomic E-state index is -5.03. The number of hydrogen-bond donors (Lipinski definition) is 1. The van der Waals surface area contributed by atoms with Gasteiger partial charge in [0.15, 0.2) is 6.61 Å². The molecule has 1 amide bonds. The Morgan fingerprint density at radius 1 is 1.48 bits per heavy atom. The average Bonchev–Trinajstić information content (AvgIpc) is 2.73. The molecule has 23 heavy (non-hydrogen) atoms. The van der Waals surface area contributed by atoms with Gasteiger partial charge in [0.1, 0.15) is 5.75 Å². The third kappa shape index (κ3) is 3.42. The molecule has 0 radical (unpaired) electrons. The van der Waals surface area contributed by atoms with Crippen LogP contribution in [0.3, 0.4) is 0 Å². The molecule has 1 aromatic rings. The molecule has 0 spiro atoms. The summed E-state index contributed by atoms with van der Waals surface area (Å²) in [5.74, 6) is -0.797. The van der Waals surface area contributed by atoms with Crippen molar-refractivity contribution in [2.45, 2.75) is 32.2 Å². The fourth-order valence-electron chi connectivity index (χ4n) is 2.18. The predicted octanol–water partition coefficient (Wildman–Crippen LogP) is 2.89. The summed E-state index contributed by atoms with van der Waals surface area (Å²) in [6, 6.07) is 4.61. The van der Waals surface area contributed by atoms with Gasteiger partial charge in [0.25, 0.3) is 11.6 Å². The molecule has 0 bridgehead atoms. The maximum Gasteiger partial charge on any atom is 0.438 e. The van der Waals surface area contributed by atoms with Crippen molar-refractivity contribution in [3.8, 4) is 5.75 Å². The Bertz CT molecular complexity index is 663. The molecular formula is C14H14ClF3N2O3. The molecule has 1 atom stereocenters. The van der Waals surface area contributed by atoms with Crippen LogP contribution in [0.1, 0.15) is 18.9 Å². The van der Waals surface area contributed by atoms with Gasteiger partial charge in [-0.3, -0.25) is 4.79 Å². The number of hydrogen-bond acceptors (Lipinski definition) is 4. The molecule has 0 saturated carbocycles. The zero-order chi connectivity index (χ0) is 17.4. The fraction of sp³-hybridized carbons (Fsp3) is 0.429. The number of amides is 1. The number of ether oxygens (including phenoxy) is 1. The normalized spacial score (nSPS) is 21.3. The Morgan fingerprint density at radius 3 is 2.70 bits per heavy atom. The summed E-state index contributed by atoms with van der Waals surface area (Å²) in [4.78, 5) is 12.0. The van der Waals surface area contributed by atoms with Crippen molar-refractivity contribution in [1.29, 1.82) is 0 Å². The van der Waals surface area contributed by atoms with Crippen LogP contribution < -0.4 is 4.74 Å². The maximum absolute atomic E-state index is 13.0. The van der Waals surface area contributed by atoms with Crippen LogP contribution in [-0.4, -0.2) is 40.2 Å². The molecule has 126 valence electrons. The smallest absolute Gasteiger partial charge is 0.438 e. The Balaban J connectivity index is 2.13. The molecule has 1 aliphatic heterocycles. The van der Waals surface area contributed by atoms with Crippen LogP contribution in [0.15, 0.2) is 23.3 Å². The molecule has 5 nitrogen and oxygen atoms in total. The minimum absolute atomic E-state index is 0.000786. The van der Waals surface area contributed by atoms with E-state index in [1.807, 2.05) is 0 Å². The third-order valence-electron chi connectivity index (χ3n) is 3.30. The zero-order valence-corrected chi connectivity index (χ0v) is 13.1. The monoisotopic (exact) mass is 350 g/mol. The van der Waals surface area contributed by atoms with Crippen molar-refractivity contribution in [3.05, 3.63) is 28.8 Å². The number of rotatable bonds is 3. The van der Waals surface area contributed by atoms with Gasteiger partial charge in [0.05, 0.1) is 0 Å². The van der Waals surface area contributed by atoms with Crippen molar-refractivity contribution < 1.29 is 27.8 Å².